The third kappa shape index (κ3) is 4.16. The molecule has 2 N–H and O–H groups in total. The van der Waals surface area contributed by atoms with Gasteiger partial charge in [0, 0.05) is 32.2 Å². The summed E-state index contributed by atoms with van der Waals surface area (Å²) in [5.41, 5.74) is 7.50. The molecular weight excluding hydrogens is 384 g/mol. The highest BCUT2D eigenvalue weighted by atomic mass is 16.5. The topological polar surface area (TPSA) is 128 Å². The Balaban J connectivity index is 1.63. The molecule has 1 aliphatic rings. The number of aryl methyl sites for hydroxylation is 1. The lowest BCUT2D eigenvalue weighted by atomic mass is 10.1. The average molecular weight is 406 g/mol. The Morgan fingerprint density at radius 1 is 1.33 bits per heavy atom. The standard InChI is InChI=1S/C20H22N8O2/c1-26-13-23-18(25-26)12-30-19-9-17(20(29)27-8-2-3-15(22)11-27)24-28(19)16-6-4-14(10-21)5-7-16/h4-7,9,13,15H,2-3,8,11-12,22H2,1H3/t15-/m1/s1. The largest absolute Gasteiger partial charge is 0.469 e. The summed E-state index contributed by atoms with van der Waals surface area (Å²) in [5, 5.41) is 17.7. The zero-order valence-electron chi connectivity index (χ0n) is 16.6. The molecule has 10 heteroatoms. The molecule has 30 heavy (non-hydrogen) atoms. The maximum atomic E-state index is 13.0. The van der Waals surface area contributed by atoms with Crippen molar-refractivity contribution in [3.8, 4) is 17.6 Å². The van der Waals surface area contributed by atoms with E-state index in [0.29, 0.717) is 36.0 Å². The summed E-state index contributed by atoms with van der Waals surface area (Å²) in [5.74, 6) is 0.718. The van der Waals surface area contributed by atoms with E-state index in [1.165, 1.54) is 0 Å². The van der Waals surface area contributed by atoms with E-state index in [1.54, 1.807) is 58.0 Å². The van der Waals surface area contributed by atoms with E-state index in [1.807, 2.05) is 0 Å². The number of benzene rings is 1. The first-order chi connectivity index (χ1) is 14.5. The fraction of sp³-hybridized carbons (Fsp3) is 0.350. The van der Waals surface area contributed by atoms with E-state index in [9.17, 15) is 4.79 Å². The van der Waals surface area contributed by atoms with Crippen LogP contribution in [0.3, 0.4) is 0 Å². The fourth-order valence-corrected chi connectivity index (χ4v) is 3.38. The Labute approximate surface area is 173 Å². The van der Waals surface area contributed by atoms with Crippen LogP contribution in [-0.4, -0.2) is 54.5 Å². The molecule has 154 valence electrons. The molecule has 1 saturated heterocycles. The molecule has 2 aromatic heterocycles. The number of carbonyl (C=O) groups excluding carboxylic acids is 1. The van der Waals surface area contributed by atoms with Crippen molar-refractivity contribution in [1.29, 1.82) is 5.26 Å². The smallest absolute Gasteiger partial charge is 0.274 e. The van der Waals surface area contributed by atoms with Gasteiger partial charge in [0.15, 0.2) is 18.1 Å². The van der Waals surface area contributed by atoms with Gasteiger partial charge in [-0.3, -0.25) is 9.48 Å². The molecule has 3 aromatic rings. The lowest BCUT2D eigenvalue weighted by Gasteiger charge is -2.30. The maximum Gasteiger partial charge on any atom is 0.274 e. The summed E-state index contributed by atoms with van der Waals surface area (Å²) in [7, 11) is 1.78. The Kier molecular flexibility index (Phi) is 5.45. The average Bonchev–Trinajstić information content (AvgIpc) is 3.38. The summed E-state index contributed by atoms with van der Waals surface area (Å²) in [4.78, 5) is 18.9. The minimum absolute atomic E-state index is 0.0192. The second-order valence-electron chi connectivity index (χ2n) is 7.21. The van der Waals surface area contributed by atoms with Crippen LogP contribution < -0.4 is 10.5 Å². The van der Waals surface area contributed by atoms with Crippen LogP contribution in [0.4, 0.5) is 0 Å². The summed E-state index contributed by atoms with van der Waals surface area (Å²) in [6.07, 6.45) is 3.37. The van der Waals surface area contributed by atoms with Gasteiger partial charge in [0.05, 0.1) is 17.3 Å². The van der Waals surface area contributed by atoms with Gasteiger partial charge in [-0.15, -0.1) is 0 Å². The number of nitrogens with zero attached hydrogens (tertiary/aromatic N) is 7. The summed E-state index contributed by atoms with van der Waals surface area (Å²) in [6, 6.07) is 10.6. The third-order valence-electron chi connectivity index (χ3n) is 4.88. The van der Waals surface area contributed by atoms with E-state index in [4.69, 9.17) is 15.7 Å². The maximum absolute atomic E-state index is 13.0. The van der Waals surface area contributed by atoms with Gasteiger partial charge in [-0.2, -0.15) is 15.5 Å². The zero-order chi connectivity index (χ0) is 21.1. The first kappa shape index (κ1) is 19.6. The van der Waals surface area contributed by atoms with E-state index in [-0.39, 0.29) is 24.2 Å². The molecule has 0 aliphatic carbocycles. The monoisotopic (exact) mass is 406 g/mol. The molecule has 0 bridgehead atoms. The van der Waals surface area contributed by atoms with E-state index in [0.717, 1.165) is 12.8 Å². The van der Waals surface area contributed by atoms with Gasteiger partial charge in [-0.25, -0.2) is 9.67 Å². The molecule has 0 spiro atoms. The second kappa shape index (κ2) is 8.34. The molecule has 1 atom stereocenters. The summed E-state index contributed by atoms with van der Waals surface area (Å²) >= 11 is 0. The van der Waals surface area contributed by atoms with Crippen LogP contribution in [0.5, 0.6) is 5.88 Å². The zero-order valence-corrected chi connectivity index (χ0v) is 16.6. The Morgan fingerprint density at radius 3 is 2.80 bits per heavy atom. The number of nitrogens with two attached hydrogens (primary N) is 1. The first-order valence-electron chi connectivity index (χ1n) is 9.66. The van der Waals surface area contributed by atoms with Crippen LogP contribution in [0.15, 0.2) is 36.7 Å². The van der Waals surface area contributed by atoms with Crippen LogP contribution in [0.25, 0.3) is 5.69 Å². The molecule has 1 aliphatic heterocycles. The molecule has 0 unspecified atom stereocenters. The first-order valence-corrected chi connectivity index (χ1v) is 9.66. The van der Waals surface area contributed by atoms with Gasteiger partial charge < -0.3 is 15.4 Å². The Morgan fingerprint density at radius 2 is 2.13 bits per heavy atom. The molecule has 10 nitrogen and oxygen atoms in total. The van der Waals surface area contributed by atoms with E-state index in [2.05, 4.69) is 21.3 Å². The van der Waals surface area contributed by atoms with Crippen molar-refractivity contribution in [2.45, 2.75) is 25.5 Å². The number of rotatable bonds is 5. The van der Waals surface area contributed by atoms with Crippen LogP contribution >= 0.6 is 0 Å². The highest BCUT2D eigenvalue weighted by Crippen LogP contribution is 2.22. The van der Waals surface area contributed by atoms with Crippen molar-refractivity contribution in [2.24, 2.45) is 12.8 Å². The van der Waals surface area contributed by atoms with Crippen molar-refractivity contribution in [2.75, 3.05) is 13.1 Å². The van der Waals surface area contributed by atoms with Crippen LogP contribution in [0, 0.1) is 11.3 Å². The minimum Gasteiger partial charge on any atom is -0.469 e. The number of likely N-dealkylation sites (tertiary alicyclic amines) is 1. The highest BCUT2D eigenvalue weighted by Gasteiger charge is 2.26. The number of ether oxygens (including phenoxy) is 1. The number of amides is 1. The van der Waals surface area contributed by atoms with Gasteiger partial charge in [0.25, 0.3) is 5.91 Å². The SMILES string of the molecule is Cn1cnc(COc2cc(C(=O)N3CCC[C@@H](N)C3)nn2-c2ccc(C#N)cc2)n1. The minimum atomic E-state index is -0.182. The van der Waals surface area contributed by atoms with Crippen molar-refractivity contribution in [3.05, 3.63) is 53.7 Å². The number of carbonyl (C=O) groups is 1. The molecule has 3 heterocycles. The second-order valence-corrected chi connectivity index (χ2v) is 7.21. The predicted molar refractivity (Wildman–Crippen MR) is 107 cm³/mol. The van der Waals surface area contributed by atoms with Crippen LogP contribution in [-0.2, 0) is 13.7 Å². The lowest BCUT2D eigenvalue weighted by molar-refractivity contribution is 0.0702. The molecule has 0 radical (unpaired) electrons. The molecule has 4 rings (SSSR count). The number of nitriles is 1. The number of hydrogen-bond donors (Lipinski definition) is 1. The van der Waals surface area contributed by atoms with E-state index >= 15 is 0 Å². The fourth-order valence-electron chi connectivity index (χ4n) is 3.38. The normalized spacial score (nSPS) is 16.3. The van der Waals surface area contributed by atoms with Crippen molar-refractivity contribution in [1.82, 2.24) is 29.4 Å². The van der Waals surface area contributed by atoms with Gasteiger partial charge in [-0.1, -0.05) is 0 Å². The van der Waals surface area contributed by atoms with E-state index < -0.39 is 0 Å². The van der Waals surface area contributed by atoms with Gasteiger partial charge >= 0.3 is 0 Å². The van der Waals surface area contributed by atoms with Crippen molar-refractivity contribution >= 4 is 5.91 Å². The number of aromatic nitrogens is 5. The van der Waals surface area contributed by atoms with Gasteiger partial charge in [0.1, 0.15) is 6.33 Å². The Hall–Kier alpha value is -3.71. The van der Waals surface area contributed by atoms with Crippen LogP contribution in [0.1, 0.15) is 34.7 Å². The van der Waals surface area contributed by atoms with Crippen LogP contribution in [0.2, 0.25) is 0 Å². The summed E-state index contributed by atoms with van der Waals surface area (Å²) in [6.45, 7) is 1.30. The van der Waals surface area contributed by atoms with Crippen molar-refractivity contribution in [3.63, 3.8) is 0 Å². The quantitative estimate of drug-likeness (QED) is 0.670. The molecule has 0 saturated carbocycles. The number of hydrogen-bond acceptors (Lipinski definition) is 7. The predicted octanol–water partition coefficient (Wildman–Crippen LogP) is 1.01. The molecule has 1 fully saturated rings. The third-order valence-corrected chi connectivity index (χ3v) is 4.88. The Bertz CT molecular complexity index is 1080. The summed E-state index contributed by atoms with van der Waals surface area (Å²) < 4.78 is 9.02. The highest BCUT2D eigenvalue weighted by molar-refractivity contribution is 5.92. The lowest BCUT2D eigenvalue weighted by Crippen LogP contribution is -2.45. The van der Waals surface area contributed by atoms with Crippen molar-refractivity contribution < 1.29 is 9.53 Å². The number of piperidine rings is 1. The van der Waals surface area contributed by atoms with Gasteiger partial charge in [0.2, 0.25) is 5.88 Å². The van der Waals surface area contributed by atoms with Gasteiger partial charge in [-0.05, 0) is 37.1 Å². The molecular formula is C20H22N8O2. The molecule has 1 amide bonds. The molecule has 1 aromatic carbocycles.